The predicted molar refractivity (Wildman–Crippen MR) is 102 cm³/mol. The highest BCUT2D eigenvalue weighted by atomic mass is 19.4. The molecule has 0 N–H and O–H groups in total. The van der Waals surface area contributed by atoms with Gasteiger partial charge in [-0.15, -0.1) is 0 Å². The van der Waals surface area contributed by atoms with E-state index >= 15 is 0 Å². The van der Waals surface area contributed by atoms with Crippen LogP contribution in [-0.2, 0) is 17.1 Å². The summed E-state index contributed by atoms with van der Waals surface area (Å²) in [4.78, 5) is 12.8. The zero-order chi connectivity index (χ0) is 22.1. The molecule has 0 aromatic heterocycles. The van der Waals surface area contributed by atoms with Gasteiger partial charge in [0, 0.05) is 11.1 Å². The smallest absolute Gasteiger partial charge is 0.289 e. The molecule has 1 fully saturated rings. The van der Waals surface area contributed by atoms with Gasteiger partial charge in [0.05, 0.1) is 11.1 Å². The lowest BCUT2D eigenvalue weighted by atomic mass is 9.80. The summed E-state index contributed by atoms with van der Waals surface area (Å²) in [6.07, 6.45) is -4.78. The molecule has 0 amide bonds. The van der Waals surface area contributed by atoms with Gasteiger partial charge in [0.2, 0.25) is 0 Å². The minimum absolute atomic E-state index is 0.115. The molecule has 158 valence electrons. The first-order chi connectivity index (χ1) is 13.9. The fourth-order valence-corrected chi connectivity index (χ4v) is 3.40. The van der Waals surface area contributed by atoms with Crippen LogP contribution in [0, 0.1) is 5.92 Å². The first-order valence-corrected chi connectivity index (χ1v) is 9.24. The topological polar surface area (TPSA) is 17.1 Å². The van der Waals surface area contributed by atoms with E-state index in [1.165, 1.54) is 24.3 Å². The van der Waals surface area contributed by atoms with Gasteiger partial charge in [-0.2, -0.15) is 26.3 Å². The van der Waals surface area contributed by atoms with Crippen molar-refractivity contribution >= 4 is 17.9 Å². The molecule has 3 rings (SSSR count). The van der Waals surface area contributed by atoms with Crippen molar-refractivity contribution in [2.45, 2.75) is 32.1 Å². The summed E-state index contributed by atoms with van der Waals surface area (Å²) in [6.45, 7) is 1.94. The van der Waals surface area contributed by atoms with Crippen molar-refractivity contribution in [3.63, 3.8) is 0 Å². The molecule has 0 bridgehead atoms. The zero-order valence-corrected chi connectivity index (χ0v) is 15.9. The number of carbonyl (C=O) groups excluding carboxylic acids is 1. The van der Waals surface area contributed by atoms with E-state index in [-0.39, 0.29) is 11.7 Å². The van der Waals surface area contributed by atoms with Crippen molar-refractivity contribution in [1.29, 1.82) is 0 Å². The number of allylic oxidation sites excluding steroid dienone is 2. The van der Waals surface area contributed by atoms with Gasteiger partial charge in [-0.25, -0.2) is 0 Å². The number of benzene rings is 2. The molecule has 0 saturated heterocycles. The van der Waals surface area contributed by atoms with E-state index in [2.05, 4.69) is 0 Å². The predicted octanol–water partition coefficient (Wildman–Crippen LogP) is 7.19. The number of Topliss-reactive ketones (excluding diaryl/α,β-unsaturated/α-hetero) is 1. The van der Waals surface area contributed by atoms with Gasteiger partial charge in [-0.1, -0.05) is 31.2 Å². The Morgan fingerprint density at radius 2 is 1.03 bits per heavy atom. The first kappa shape index (κ1) is 21.9. The maximum absolute atomic E-state index is 12.8. The van der Waals surface area contributed by atoms with E-state index in [9.17, 15) is 31.1 Å². The van der Waals surface area contributed by atoms with Crippen LogP contribution in [-0.4, -0.2) is 5.78 Å². The molecule has 1 atom stereocenters. The van der Waals surface area contributed by atoms with Crippen LogP contribution in [0.5, 0.6) is 0 Å². The third kappa shape index (κ3) is 5.20. The fraction of sp³-hybridized carbons (Fsp3) is 0.261. The second-order valence-electron chi connectivity index (χ2n) is 7.42. The molecule has 7 heteroatoms. The van der Waals surface area contributed by atoms with Crippen LogP contribution in [0.3, 0.4) is 0 Å². The number of ketones is 1. The van der Waals surface area contributed by atoms with Crippen molar-refractivity contribution in [3.8, 4) is 0 Å². The molecule has 1 saturated carbocycles. The molecule has 0 aliphatic heterocycles. The van der Waals surface area contributed by atoms with Gasteiger partial charge in [0.1, 0.15) is 0 Å². The van der Waals surface area contributed by atoms with Crippen LogP contribution >= 0.6 is 0 Å². The van der Waals surface area contributed by atoms with Crippen LogP contribution in [0.4, 0.5) is 26.3 Å². The van der Waals surface area contributed by atoms with Crippen LogP contribution in [0.25, 0.3) is 12.2 Å². The Kier molecular flexibility index (Phi) is 5.92. The first-order valence-electron chi connectivity index (χ1n) is 9.24. The number of halogens is 6. The van der Waals surface area contributed by atoms with E-state index < -0.39 is 23.5 Å². The van der Waals surface area contributed by atoms with Gasteiger partial charge < -0.3 is 0 Å². The van der Waals surface area contributed by atoms with Crippen LogP contribution in [0.1, 0.15) is 42.0 Å². The lowest BCUT2D eigenvalue weighted by Gasteiger charge is -2.22. The molecule has 0 heterocycles. The van der Waals surface area contributed by atoms with Crippen molar-refractivity contribution in [2.75, 3.05) is 0 Å². The number of carbonyl (C=O) groups is 1. The average molecular weight is 424 g/mol. The van der Waals surface area contributed by atoms with Gasteiger partial charge in [0.15, 0.2) is 5.78 Å². The number of hydrogen-bond acceptors (Lipinski definition) is 1. The third-order valence-corrected chi connectivity index (χ3v) is 4.88. The lowest BCUT2D eigenvalue weighted by Crippen LogP contribution is -2.18. The second kappa shape index (κ2) is 8.13. The number of rotatable bonds is 2. The molecule has 1 unspecified atom stereocenters. The molecule has 0 spiro atoms. The Morgan fingerprint density at radius 3 is 1.33 bits per heavy atom. The summed E-state index contributed by atoms with van der Waals surface area (Å²) in [7, 11) is 0. The third-order valence-electron chi connectivity index (χ3n) is 4.88. The Bertz CT molecular complexity index is 897. The minimum Gasteiger partial charge on any atom is -0.289 e. The normalized spacial score (nSPS) is 20.8. The largest absolute Gasteiger partial charge is 0.416 e. The molecule has 1 aliphatic carbocycles. The molecule has 1 nitrogen and oxygen atoms in total. The standard InChI is InChI=1S/C23H18F6O/c1-14-10-17(12-15-2-6-19(7-3-15)22(24,25)26)21(30)18(11-14)13-16-4-8-20(9-5-16)23(27,28)29/h2-9,12-14H,10-11H2,1H3/b17-12-,18-13+. The summed E-state index contributed by atoms with van der Waals surface area (Å²) < 4.78 is 76.2. The van der Waals surface area contributed by atoms with Gasteiger partial charge >= 0.3 is 12.4 Å². The lowest BCUT2D eigenvalue weighted by molar-refractivity contribution is -0.138. The molecule has 2 aromatic rings. The maximum atomic E-state index is 12.8. The second-order valence-corrected chi connectivity index (χ2v) is 7.42. The Morgan fingerprint density at radius 1 is 0.700 bits per heavy atom. The average Bonchev–Trinajstić information content (AvgIpc) is 2.65. The molecule has 2 aromatic carbocycles. The van der Waals surface area contributed by atoms with Crippen molar-refractivity contribution in [2.24, 2.45) is 5.92 Å². The van der Waals surface area contributed by atoms with Crippen molar-refractivity contribution in [1.82, 2.24) is 0 Å². The highest BCUT2D eigenvalue weighted by Crippen LogP contribution is 2.34. The van der Waals surface area contributed by atoms with Gasteiger partial charge in [0.25, 0.3) is 0 Å². The summed E-state index contributed by atoms with van der Waals surface area (Å²) in [5.74, 6) is -0.128. The Balaban J connectivity index is 1.86. The van der Waals surface area contributed by atoms with Crippen LogP contribution in [0.2, 0.25) is 0 Å². The molecular formula is C23H18F6O. The number of hydrogen-bond donors (Lipinski definition) is 0. The summed E-state index contributed by atoms with van der Waals surface area (Å²) in [5, 5.41) is 0. The fourth-order valence-electron chi connectivity index (χ4n) is 3.40. The molecular weight excluding hydrogens is 406 g/mol. The van der Waals surface area contributed by atoms with Crippen LogP contribution in [0.15, 0.2) is 59.7 Å². The molecule has 0 radical (unpaired) electrons. The zero-order valence-electron chi connectivity index (χ0n) is 15.9. The highest BCUT2D eigenvalue weighted by Gasteiger charge is 2.31. The monoisotopic (exact) mass is 424 g/mol. The summed E-state index contributed by atoms with van der Waals surface area (Å²) in [6, 6.07) is 9.07. The molecule has 30 heavy (non-hydrogen) atoms. The SMILES string of the molecule is CC1C/C(=C/c2ccc(C(F)(F)F)cc2)C(=O)/C(=C/c2ccc(C(F)(F)F)cc2)C1. The number of alkyl halides is 6. The van der Waals surface area contributed by atoms with Gasteiger partial charge in [-0.3, -0.25) is 4.79 Å². The van der Waals surface area contributed by atoms with Crippen LogP contribution < -0.4 is 0 Å². The summed E-state index contributed by atoms with van der Waals surface area (Å²) >= 11 is 0. The van der Waals surface area contributed by atoms with Crippen molar-refractivity contribution < 1.29 is 31.1 Å². The quantitative estimate of drug-likeness (QED) is 0.368. The Labute approximate surface area is 169 Å². The van der Waals surface area contributed by atoms with E-state index in [0.29, 0.717) is 35.1 Å². The Hall–Kier alpha value is -2.83. The summed E-state index contributed by atoms with van der Waals surface area (Å²) in [5.41, 5.74) is 0.355. The maximum Gasteiger partial charge on any atom is 0.416 e. The van der Waals surface area contributed by atoms with E-state index in [1.54, 1.807) is 12.2 Å². The molecule has 1 aliphatic rings. The van der Waals surface area contributed by atoms with Crippen molar-refractivity contribution in [3.05, 3.63) is 81.9 Å². The highest BCUT2D eigenvalue weighted by molar-refractivity contribution is 6.14. The minimum atomic E-state index is -4.43. The van der Waals surface area contributed by atoms with E-state index in [4.69, 9.17) is 0 Å². The van der Waals surface area contributed by atoms with E-state index in [1.807, 2.05) is 6.92 Å². The van der Waals surface area contributed by atoms with E-state index in [0.717, 1.165) is 24.3 Å². The van der Waals surface area contributed by atoms with Gasteiger partial charge in [-0.05, 0) is 66.3 Å².